The van der Waals surface area contributed by atoms with Crippen LogP contribution in [0.15, 0.2) is 35.6 Å². The van der Waals surface area contributed by atoms with Gasteiger partial charge in [0.1, 0.15) is 18.1 Å². The van der Waals surface area contributed by atoms with Crippen LogP contribution in [0.5, 0.6) is 0 Å². The van der Waals surface area contributed by atoms with Crippen LogP contribution in [0.3, 0.4) is 0 Å². The number of imidazole rings is 1. The van der Waals surface area contributed by atoms with Gasteiger partial charge < -0.3 is 10.1 Å². The first-order valence-electron chi connectivity index (χ1n) is 6.29. The number of rotatable bonds is 5. The van der Waals surface area contributed by atoms with Gasteiger partial charge in [0.25, 0.3) is 5.91 Å². The summed E-state index contributed by atoms with van der Waals surface area (Å²) in [5.74, 6) is -1.39. The molecule has 2 rings (SSSR count). The largest absolute Gasteiger partial charge is 0.468 e. The van der Waals surface area contributed by atoms with Gasteiger partial charge >= 0.3 is 5.97 Å². The highest BCUT2D eigenvalue weighted by Crippen LogP contribution is 2.21. The maximum absolute atomic E-state index is 13.1. The van der Waals surface area contributed by atoms with Crippen molar-refractivity contribution in [1.29, 1.82) is 0 Å². The van der Waals surface area contributed by atoms with Crippen LogP contribution in [-0.4, -0.2) is 41.3 Å². The van der Waals surface area contributed by atoms with E-state index in [-0.39, 0.29) is 18.1 Å². The van der Waals surface area contributed by atoms with Crippen molar-refractivity contribution < 1.29 is 18.7 Å². The minimum atomic E-state index is -0.550. The van der Waals surface area contributed by atoms with Gasteiger partial charge in [-0.15, -0.1) is 0 Å². The van der Waals surface area contributed by atoms with E-state index in [0.29, 0.717) is 10.8 Å². The summed E-state index contributed by atoms with van der Waals surface area (Å²) in [6, 6.07) is 5.70. The molecule has 1 N–H and O–H groups in total. The molecule has 0 aliphatic rings. The molecule has 1 heterocycles. The van der Waals surface area contributed by atoms with Crippen molar-refractivity contribution in [2.75, 3.05) is 19.9 Å². The highest BCUT2D eigenvalue weighted by Gasteiger charge is 2.18. The Morgan fingerprint density at radius 1 is 1.36 bits per heavy atom. The normalized spacial score (nSPS) is 10.3. The van der Waals surface area contributed by atoms with E-state index in [1.165, 1.54) is 37.2 Å². The fourth-order valence-electron chi connectivity index (χ4n) is 1.79. The van der Waals surface area contributed by atoms with Gasteiger partial charge in [0, 0.05) is 5.69 Å². The van der Waals surface area contributed by atoms with Gasteiger partial charge in [-0.3, -0.25) is 14.2 Å². The lowest BCUT2D eigenvalue weighted by Crippen LogP contribution is -2.31. The van der Waals surface area contributed by atoms with Crippen molar-refractivity contribution in [2.45, 2.75) is 5.16 Å². The molecule has 8 heteroatoms. The van der Waals surface area contributed by atoms with E-state index in [0.717, 1.165) is 0 Å². The molecular weight excluding hydrogens is 309 g/mol. The second-order valence-electron chi connectivity index (χ2n) is 4.20. The molecule has 0 aliphatic heterocycles. The Labute approximate surface area is 130 Å². The lowest BCUT2D eigenvalue weighted by molar-refractivity contribution is -0.139. The average molecular weight is 323 g/mol. The van der Waals surface area contributed by atoms with Crippen LogP contribution >= 0.6 is 11.8 Å². The molecule has 0 spiro atoms. The van der Waals surface area contributed by atoms with Crippen LogP contribution in [0.25, 0.3) is 5.69 Å². The van der Waals surface area contributed by atoms with Crippen LogP contribution in [0.4, 0.5) is 4.39 Å². The second-order valence-corrected chi connectivity index (χ2v) is 4.97. The highest BCUT2D eigenvalue weighted by molar-refractivity contribution is 7.98. The maximum Gasteiger partial charge on any atom is 0.325 e. The van der Waals surface area contributed by atoms with Crippen molar-refractivity contribution in [2.24, 2.45) is 0 Å². The lowest BCUT2D eigenvalue weighted by Gasteiger charge is -2.11. The lowest BCUT2D eigenvalue weighted by atomic mass is 10.3. The fraction of sp³-hybridized carbons (Fsp3) is 0.214. The monoisotopic (exact) mass is 323 g/mol. The van der Waals surface area contributed by atoms with Gasteiger partial charge in [0.15, 0.2) is 5.16 Å². The number of hydrogen-bond acceptors (Lipinski definition) is 5. The molecule has 1 aromatic carbocycles. The third-order valence-corrected chi connectivity index (χ3v) is 3.50. The number of benzene rings is 1. The molecule has 0 bridgehead atoms. The number of carbonyl (C=O) groups is 2. The number of ether oxygens (including phenoxy) is 1. The number of esters is 1. The second kappa shape index (κ2) is 7.08. The summed E-state index contributed by atoms with van der Waals surface area (Å²) in [4.78, 5) is 27.4. The number of methoxy groups -OCH3 is 1. The van der Waals surface area contributed by atoms with Crippen molar-refractivity contribution in [3.63, 3.8) is 0 Å². The first kappa shape index (κ1) is 16.0. The molecule has 0 saturated heterocycles. The molecule has 0 saturated carbocycles. The molecule has 0 unspecified atom stereocenters. The van der Waals surface area contributed by atoms with Crippen LogP contribution in [0.1, 0.15) is 10.5 Å². The van der Waals surface area contributed by atoms with Crippen LogP contribution in [0, 0.1) is 5.82 Å². The number of hydrogen-bond donors (Lipinski definition) is 1. The number of carbonyl (C=O) groups excluding carboxylic acids is 2. The van der Waals surface area contributed by atoms with E-state index < -0.39 is 11.9 Å². The molecule has 22 heavy (non-hydrogen) atoms. The Hall–Kier alpha value is -2.35. The Morgan fingerprint density at radius 2 is 2.05 bits per heavy atom. The van der Waals surface area contributed by atoms with Gasteiger partial charge in [-0.05, 0) is 30.5 Å². The molecule has 0 radical (unpaired) electrons. The van der Waals surface area contributed by atoms with Crippen molar-refractivity contribution >= 4 is 23.6 Å². The molecule has 6 nitrogen and oxygen atoms in total. The molecular formula is C14H14FN3O3S. The van der Waals surface area contributed by atoms with E-state index in [9.17, 15) is 14.0 Å². The van der Waals surface area contributed by atoms with Crippen LogP contribution in [-0.2, 0) is 9.53 Å². The van der Waals surface area contributed by atoms with Gasteiger partial charge in [-0.25, -0.2) is 9.37 Å². The SMILES string of the molecule is COC(=O)CNC(=O)c1cnc(SC)n1-c1ccc(F)cc1. The van der Waals surface area contributed by atoms with Gasteiger partial charge in [0.2, 0.25) is 0 Å². The Morgan fingerprint density at radius 3 is 2.64 bits per heavy atom. The van der Waals surface area contributed by atoms with Crippen molar-refractivity contribution in [3.8, 4) is 5.69 Å². The third-order valence-electron chi connectivity index (χ3n) is 2.85. The smallest absolute Gasteiger partial charge is 0.325 e. The maximum atomic E-state index is 13.1. The summed E-state index contributed by atoms with van der Waals surface area (Å²) in [5, 5.41) is 3.03. The zero-order valence-corrected chi connectivity index (χ0v) is 12.8. The van der Waals surface area contributed by atoms with Gasteiger partial charge in [-0.1, -0.05) is 11.8 Å². The van der Waals surface area contributed by atoms with E-state index in [1.807, 2.05) is 6.26 Å². The zero-order chi connectivity index (χ0) is 16.1. The quantitative estimate of drug-likeness (QED) is 0.669. The van der Waals surface area contributed by atoms with E-state index in [1.54, 1.807) is 16.7 Å². The van der Waals surface area contributed by atoms with Gasteiger partial charge in [-0.2, -0.15) is 0 Å². The van der Waals surface area contributed by atoms with Crippen LogP contribution in [0.2, 0.25) is 0 Å². The van der Waals surface area contributed by atoms with Crippen molar-refractivity contribution in [3.05, 3.63) is 42.0 Å². The third kappa shape index (κ3) is 3.45. The first-order valence-corrected chi connectivity index (χ1v) is 7.52. The Bertz CT molecular complexity index is 685. The number of thioether (sulfide) groups is 1. The summed E-state index contributed by atoms with van der Waals surface area (Å²) in [7, 11) is 1.24. The summed E-state index contributed by atoms with van der Waals surface area (Å²) in [6.45, 7) is -0.238. The first-order chi connectivity index (χ1) is 10.6. The molecule has 0 aliphatic carbocycles. The van der Waals surface area contributed by atoms with E-state index >= 15 is 0 Å². The van der Waals surface area contributed by atoms with Crippen LogP contribution < -0.4 is 5.32 Å². The van der Waals surface area contributed by atoms with E-state index in [4.69, 9.17) is 0 Å². The number of aromatic nitrogens is 2. The molecule has 1 amide bonds. The summed E-state index contributed by atoms with van der Waals surface area (Å²) >= 11 is 1.35. The van der Waals surface area contributed by atoms with E-state index in [2.05, 4.69) is 15.0 Å². The topological polar surface area (TPSA) is 73.2 Å². The highest BCUT2D eigenvalue weighted by atomic mass is 32.2. The Kier molecular flexibility index (Phi) is 5.16. The predicted octanol–water partition coefficient (Wildman–Crippen LogP) is 1.64. The zero-order valence-electron chi connectivity index (χ0n) is 12.0. The average Bonchev–Trinajstić information content (AvgIpc) is 2.97. The summed E-state index contributed by atoms with van der Waals surface area (Å²) in [6.07, 6.45) is 3.22. The van der Waals surface area contributed by atoms with Gasteiger partial charge in [0.05, 0.1) is 13.3 Å². The molecule has 0 atom stereocenters. The predicted molar refractivity (Wildman–Crippen MR) is 79.7 cm³/mol. The molecule has 1 aromatic heterocycles. The van der Waals surface area contributed by atoms with Crippen molar-refractivity contribution in [1.82, 2.24) is 14.9 Å². The molecule has 0 fully saturated rings. The minimum Gasteiger partial charge on any atom is -0.468 e. The number of nitrogens with one attached hydrogen (secondary N) is 1. The Balaban J connectivity index is 2.32. The number of amides is 1. The summed E-state index contributed by atoms with van der Waals surface area (Å²) in [5.41, 5.74) is 0.853. The number of halogens is 1. The molecule has 2 aromatic rings. The minimum absolute atomic E-state index is 0.238. The summed E-state index contributed by atoms with van der Waals surface area (Å²) < 4.78 is 19.1. The number of nitrogens with zero attached hydrogens (tertiary/aromatic N) is 2. The molecule has 116 valence electrons. The standard InChI is InChI=1S/C14H14FN3O3S/c1-21-12(19)8-16-13(20)11-7-17-14(22-2)18(11)10-5-3-9(15)4-6-10/h3-7H,8H2,1-2H3,(H,16,20). The fourth-order valence-corrected chi connectivity index (χ4v) is 2.34.